The lowest BCUT2D eigenvalue weighted by atomic mass is 10.3. The van der Waals surface area contributed by atoms with Crippen LogP contribution in [0.1, 0.15) is 5.69 Å². The fourth-order valence-electron chi connectivity index (χ4n) is 1.37. The molecule has 0 spiro atoms. The molecule has 0 unspecified atom stereocenters. The first kappa shape index (κ1) is 12.7. The highest BCUT2D eigenvalue weighted by molar-refractivity contribution is 5.80. The normalized spacial score (nSPS) is 11.7. The Morgan fingerprint density at radius 2 is 1.79 bits per heavy atom. The third-order valence-electron chi connectivity index (χ3n) is 2.16. The summed E-state index contributed by atoms with van der Waals surface area (Å²) in [6, 6.07) is 0.177. The molecule has 0 aliphatic carbocycles. The van der Waals surface area contributed by atoms with E-state index in [0.717, 1.165) is 0 Å². The van der Waals surface area contributed by atoms with E-state index < -0.39 is 44.8 Å². The van der Waals surface area contributed by atoms with Crippen molar-refractivity contribution in [3.05, 3.63) is 42.6 Å². The number of halogens is 3. The number of fused-ring (bicyclic) bond motifs is 1. The molecule has 0 atom stereocenters. The van der Waals surface area contributed by atoms with Gasteiger partial charge in [0.25, 0.3) is 5.69 Å². The smallest absolute Gasteiger partial charge is 0.309 e. The van der Waals surface area contributed by atoms with Crippen LogP contribution in [0, 0.1) is 10.1 Å². The van der Waals surface area contributed by atoms with Crippen LogP contribution in [0.15, 0.2) is 15.7 Å². The van der Waals surface area contributed by atoms with Crippen LogP contribution in [0.5, 0.6) is 0 Å². The molecular formula is C8H3F3N4O4. The van der Waals surface area contributed by atoms with E-state index in [0.29, 0.717) is 0 Å². The highest BCUT2D eigenvalue weighted by Crippen LogP contribution is 2.32. The maximum Gasteiger partial charge on any atom is 0.433 e. The van der Waals surface area contributed by atoms with Crippen molar-refractivity contribution in [3.8, 4) is 0 Å². The van der Waals surface area contributed by atoms with Gasteiger partial charge in [0.05, 0.1) is 4.92 Å². The number of rotatable bonds is 1. The number of nitrogens with one attached hydrogen (secondary N) is 2. The zero-order chi connectivity index (χ0) is 14.4. The molecular weight excluding hydrogens is 273 g/mol. The Labute approximate surface area is 99.6 Å². The van der Waals surface area contributed by atoms with Gasteiger partial charge < -0.3 is 9.97 Å². The van der Waals surface area contributed by atoms with Crippen LogP contribution < -0.4 is 11.1 Å². The molecule has 0 radical (unpaired) electrons. The quantitative estimate of drug-likeness (QED) is 0.447. The predicted molar refractivity (Wildman–Crippen MR) is 54.6 cm³/mol. The Hall–Kier alpha value is -2.72. The van der Waals surface area contributed by atoms with Gasteiger partial charge in [-0.05, 0) is 0 Å². The van der Waals surface area contributed by atoms with Gasteiger partial charge in [-0.15, -0.1) is 0 Å². The van der Waals surface area contributed by atoms with Crippen molar-refractivity contribution < 1.29 is 18.1 Å². The maximum absolute atomic E-state index is 12.5. The lowest BCUT2D eigenvalue weighted by Gasteiger charge is -2.06. The van der Waals surface area contributed by atoms with Crippen molar-refractivity contribution in [3.63, 3.8) is 0 Å². The molecule has 2 aromatic heterocycles. The van der Waals surface area contributed by atoms with E-state index in [2.05, 4.69) is 4.98 Å². The van der Waals surface area contributed by atoms with Gasteiger partial charge in [-0.3, -0.25) is 19.7 Å². The first-order valence-electron chi connectivity index (χ1n) is 4.59. The van der Waals surface area contributed by atoms with Gasteiger partial charge in [0.2, 0.25) is 0 Å². The number of pyridine rings is 1. The molecule has 0 aliphatic heterocycles. The summed E-state index contributed by atoms with van der Waals surface area (Å²) < 4.78 is 37.5. The van der Waals surface area contributed by atoms with Gasteiger partial charge >= 0.3 is 17.3 Å². The number of alkyl halides is 3. The monoisotopic (exact) mass is 276 g/mol. The summed E-state index contributed by atoms with van der Waals surface area (Å²) in [6.07, 6.45) is -4.92. The molecule has 2 heterocycles. The van der Waals surface area contributed by atoms with Gasteiger partial charge in [0.1, 0.15) is 0 Å². The second-order valence-electron chi connectivity index (χ2n) is 3.41. The highest BCUT2D eigenvalue weighted by Gasteiger charge is 2.35. The number of H-pyrrole nitrogens is 2. The number of hydrogen-bond acceptors (Lipinski definition) is 5. The average Bonchev–Trinajstić information content (AvgIpc) is 2.27. The van der Waals surface area contributed by atoms with E-state index in [1.165, 1.54) is 0 Å². The third kappa shape index (κ3) is 2.17. The first-order chi connectivity index (χ1) is 8.70. The van der Waals surface area contributed by atoms with E-state index in [-0.39, 0.29) is 6.07 Å². The summed E-state index contributed by atoms with van der Waals surface area (Å²) in [6.45, 7) is 0. The van der Waals surface area contributed by atoms with E-state index >= 15 is 0 Å². The standard InChI is InChI=1S/C8H3F3N4O4/c9-8(10,11)3-1-2(15(18)19)4-5(12-3)14-7(17)6(16)13-4/h1H,(H,13,16)(H,12,14,17). The summed E-state index contributed by atoms with van der Waals surface area (Å²) in [4.78, 5) is 38.2. The number of aromatic nitrogens is 3. The van der Waals surface area contributed by atoms with E-state index in [1.807, 2.05) is 4.98 Å². The number of nitro groups is 1. The Balaban J connectivity index is 2.96. The minimum Gasteiger partial charge on any atom is -0.309 e. The molecule has 100 valence electrons. The van der Waals surface area contributed by atoms with Crippen molar-refractivity contribution in [1.29, 1.82) is 0 Å². The summed E-state index contributed by atoms with van der Waals surface area (Å²) in [5, 5.41) is 10.7. The van der Waals surface area contributed by atoms with E-state index in [9.17, 15) is 32.9 Å². The van der Waals surface area contributed by atoms with E-state index in [1.54, 1.807) is 4.98 Å². The highest BCUT2D eigenvalue weighted by atomic mass is 19.4. The summed E-state index contributed by atoms with van der Waals surface area (Å²) in [5.41, 5.74) is -6.33. The maximum atomic E-state index is 12.5. The second kappa shape index (κ2) is 3.90. The van der Waals surface area contributed by atoms with Gasteiger partial charge in [-0.25, -0.2) is 4.98 Å². The van der Waals surface area contributed by atoms with Crippen molar-refractivity contribution in [2.24, 2.45) is 0 Å². The molecule has 2 aromatic rings. The molecule has 0 fully saturated rings. The largest absolute Gasteiger partial charge is 0.433 e. The lowest BCUT2D eigenvalue weighted by molar-refractivity contribution is -0.383. The fourth-order valence-corrected chi connectivity index (χ4v) is 1.37. The number of nitrogens with zero attached hydrogens (tertiary/aromatic N) is 2. The molecule has 0 saturated heterocycles. The Morgan fingerprint density at radius 3 is 2.32 bits per heavy atom. The topological polar surface area (TPSA) is 122 Å². The van der Waals surface area contributed by atoms with Crippen LogP contribution in [0.3, 0.4) is 0 Å². The molecule has 2 rings (SSSR count). The van der Waals surface area contributed by atoms with Crippen LogP contribution in [0.2, 0.25) is 0 Å². The Kier molecular flexibility index (Phi) is 2.61. The van der Waals surface area contributed by atoms with Crippen LogP contribution in [-0.2, 0) is 6.18 Å². The molecule has 2 N–H and O–H groups in total. The van der Waals surface area contributed by atoms with Crippen molar-refractivity contribution in [2.45, 2.75) is 6.18 Å². The van der Waals surface area contributed by atoms with Gasteiger partial charge in [0.15, 0.2) is 16.9 Å². The first-order valence-corrected chi connectivity index (χ1v) is 4.59. The molecule has 0 amide bonds. The molecule has 8 nitrogen and oxygen atoms in total. The molecule has 0 saturated carbocycles. The average molecular weight is 276 g/mol. The minimum absolute atomic E-state index is 0.177. The zero-order valence-corrected chi connectivity index (χ0v) is 8.74. The summed E-state index contributed by atoms with van der Waals surface area (Å²) >= 11 is 0. The molecule has 0 bridgehead atoms. The van der Waals surface area contributed by atoms with E-state index in [4.69, 9.17) is 0 Å². The van der Waals surface area contributed by atoms with Crippen LogP contribution in [0.25, 0.3) is 11.2 Å². The third-order valence-corrected chi connectivity index (χ3v) is 2.16. The summed E-state index contributed by atoms with van der Waals surface area (Å²) in [5.74, 6) is 0. The second-order valence-corrected chi connectivity index (χ2v) is 3.41. The molecule has 11 heteroatoms. The number of hydrogen-bond donors (Lipinski definition) is 2. The minimum atomic E-state index is -4.92. The molecule has 0 aliphatic rings. The van der Waals surface area contributed by atoms with Crippen molar-refractivity contribution in [1.82, 2.24) is 15.0 Å². The van der Waals surface area contributed by atoms with Crippen LogP contribution >= 0.6 is 0 Å². The Bertz CT molecular complexity index is 791. The van der Waals surface area contributed by atoms with Gasteiger partial charge in [0, 0.05) is 6.07 Å². The van der Waals surface area contributed by atoms with Crippen molar-refractivity contribution >= 4 is 16.9 Å². The fraction of sp³-hybridized carbons (Fsp3) is 0.125. The molecule has 0 aromatic carbocycles. The van der Waals surface area contributed by atoms with Crippen molar-refractivity contribution in [2.75, 3.05) is 0 Å². The van der Waals surface area contributed by atoms with Crippen LogP contribution in [-0.4, -0.2) is 19.9 Å². The summed E-state index contributed by atoms with van der Waals surface area (Å²) in [7, 11) is 0. The number of aromatic amines is 2. The zero-order valence-electron chi connectivity index (χ0n) is 8.74. The SMILES string of the molecule is O=c1[nH]c2nc(C(F)(F)F)cc([N+](=O)[O-])c2[nH]c1=O. The predicted octanol–water partition coefficient (Wildman–Crippen LogP) is 0.538. The lowest BCUT2D eigenvalue weighted by Crippen LogP contribution is -2.29. The Morgan fingerprint density at radius 1 is 1.21 bits per heavy atom. The van der Waals surface area contributed by atoms with Crippen LogP contribution in [0.4, 0.5) is 18.9 Å². The van der Waals surface area contributed by atoms with Gasteiger partial charge in [-0.2, -0.15) is 13.2 Å². The van der Waals surface area contributed by atoms with Gasteiger partial charge in [-0.1, -0.05) is 0 Å². The molecule has 19 heavy (non-hydrogen) atoms.